The molecule has 0 saturated heterocycles. The van der Waals surface area contributed by atoms with Crippen LogP contribution >= 0.6 is 0 Å². The van der Waals surface area contributed by atoms with Crippen molar-refractivity contribution in [2.45, 2.75) is 25.7 Å². The average molecular weight is 291 g/mol. The lowest BCUT2D eigenvalue weighted by Crippen LogP contribution is -2.11. The zero-order valence-corrected chi connectivity index (χ0v) is 12.5. The van der Waals surface area contributed by atoms with Crippen LogP contribution in [-0.4, -0.2) is 8.42 Å². The Bertz CT molecular complexity index is 734. The summed E-state index contributed by atoms with van der Waals surface area (Å²) in [4.78, 5) is 0.0713. The van der Waals surface area contributed by atoms with Crippen LogP contribution in [0, 0.1) is 20.8 Å². The van der Waals surface area contributed by atoms with E-state index in [0.29, 0.717) is 5.75 Å². The van der Waals surface area contributed by atoms with Gasteiger partial charge in [-0.3, -0.25) is 0 Å². The van der Waals surface area contributed by atoms with E-state index in [-0.39, 0.29) is 4.90 Å². The quantitative estimate of drug-likeness (QED) is 0.945. The lowest BCUT2D eigenvalue weighted by Gasteiger charge is -2.12. The molecule has 0 aliphatic rings. The first kappa shape index (κ1) is 14.6. The van der Waals surface area contributed by atoms with Gasteiger partial charge in [0, 0.05) is 0 Å². The van der Waals surface area contributed by atoms with Crippen molar-refractivity contribution >= 4 is 10.0 Å². The lowest BCUT2D eigenvalue weighted by atomic mass is 10.1. The molecule has 0 radical (unpaired) electrons. The summed E-state index contributed by atoms with van der Waals surface area (Å²) in [5, 5.41) is 5.05. The van der Waals surface area contributed by atoms with Crippen LogP contribution in [-0.2, 0) is 10.0 Å². The average Bonchev–Trinajstić information content (AvgIpc) is 2.35. The van der Waals surface area contributed by atoms with Gasteiger partial charge in [0.15, 0.2) is 0 Å². The number of aryl methyl sites for hydroxylation is 2. The summed E-state index contributed by atoms with van der Waals surface area (Å²) in [6.07, 6.45) is 0. The van der Waals surface area contributed by atoms with Crippen molar-refractivity contribution in [3.05, 3.63) is 53.1 Å². The summed E-state index contributed by atoms with van der Waals surface area (Å²) < 4.78 is 28.2. The largest absolute Gasteiger partial charge is 0.457 e. The first-order valence-corrected chi connectivity index (χ1v) is 7.70. The summed E-state index contributed by atoms with van der Waals surface area (Å²) in [7, 11) is -3.67. The number of hydrogen-bond acceptors (Lipinski definition) is 3. The molecule has 20 heavy (non-hydrogen) atoms. The smallest absolute Gasteiger partial charge is 0.238 e. The van der Waals surface area contributed by atoms with E-state index in [4.69, 9.17) is 9.88 Å². The number of benzene rings is 2. The third kappa shape index (κ3) is 3.18. The highest BCUT2D eigenvalue weighted by molar-refractivity contribution is 7.89. The molecular weight excluding hydrogens is 274 g/mol. The summed E-state index contributed by atoms with van der Waals surface area (Å²) in [6, 6.07) is 10.1. The SMILES string of the molecule is Cc1cc(C)c(C)c(Oc2ccc(S(N)(=O)=O)cc2)c1. The number of primary sulfonamides is 1. The van der Waals surface area contributed by atoms with Crippen LogP contribution in [0.3, 0.4) is 0 Å². The van der Waals surface area contributed by atoms with Gasteiger partial charge in [0.25, 0.3) is 0 Å². The Morgan fingerprint density at radius 1 is 1.00 bits per heavy atom. The van der Waals surface area contributed by atoms with Crippen molar-refractivity contribution in [3.63, 3.8) is 0 Å². The second-order valence-corrected chi connectivity index (χ2v) is 6.38. The summed E-state index contributed by atoms with van der Waals surface area (Å²) in [5.74, 6) is 1.34. The van der Waals surface area contributed by atoms with Gasteiger partial charge in [-0.25, -0.2) is 13.6 Å². The molecule has 0 bridgehead atoms. The Labute approximate surface area is 119 Å². The van der Waals surface area contributed by atoms with Gasteiger partial charge in [-0.15, -0.1) is 0 Å². The van der Waals surface area contributed by atoms with Crippen LogP contribution in [0.4, 0.5) is 0 Å². The van der Waals surface area contributed by atoms with Gasteiger partial charge >= 0.3 is 0 Å². The lowest BCUT2D eigenvalue weighted by molar-refractivity contribution is 0.477. The molecule has 2 aromatic rings. The van der Waals surface area contributed by atoms with E-state index >= 15 is 0 Å². The number of sulfonamides is 1. The molecule has 2 rings (SSSR count). The van der Waals surface area contributed by atoms with Gasteiger partial charge in [0.1, 0.15) is 11.5 Å². The molecule has 0 aliphatic heterocycles. The Balaban J connectivity index is 2.32. The molecule has 0 saturated carbocycles. The second-order valence-electron chi connectivity index (χ2n) is 4.82. The van der Waals surface area contributed by atoms with E-state index in [1.807, 2.05) is 26.8 Å². The van der Waals surface area contributed by atoms with E-state index in [2.05, 4.69) is 6.07 Å². The van der Waals surface area contributed by atoms with Crippen LogP contribution in [0.2, 0.25) is 0 Å². The topological polar surface area (TPSA) is 69.4 Å². The minimum Gasteiger partial charge on any atom is -0.457 e. The Hall–Kier alpha value is -1.85. The summed E-state index contributed by atoms with van der Waals surface area (Å²) in [5.41, 5.74) is 3.33. The predicted molar refractivity (Wildman–Crippen MR) is 78.5 cm³/mol. The molecule has 0 atom stereocenters. The maximum atomic E-state index is 11.2. The summed E-state index contributed by atoms with van der Waals surface area (Å²) >= 11 is 0. The van der Waals surface area contributed by atoms with Crippen LogP contribution < -0.4 is 9.88 Å². The van der Waals surface area contributed by atoms with Crippen molar-refractivity contribution in [2.75, 3.05) is 0 Å². The van der Waals surface area contributed by atoms with E-state index in [1.54, 1.807) is 12.1 Å². The molecule has 2 aromatic carbocycles. The third-order valence-corrected chi connectivity index (χ3v) is 4.07. The highest BCUT2D eigenvalue weighted by Gasteiger charge is 2.09. The first-order valence-electron chi connectivity index (χ1n) is 6.16. The molecule has 0 aromatic heterocycles. The normalized spacial score (nSPS) is 11.4. The van der Waals surface area contributed by atoms with Gasteiger partial charge in [0.05, 0.1) is 4.90 Å². The van der Waals surface area contributed by atoms with E-state index in [9.17, 15) is 8.42 Å². The van der Waals surface area contributed by atoms with Crippen molar-refractivity contribution in [3.8, 4) is 11.5 Å². The molecule has 0 heterocycles. The number of ether oxygens (including phenoxy) is 1. The van der Waals surface area contributed by atoms with Gasteiger partial charge in [-0.05, 0) is 67.8 Å². The molecule has 0 fully saturated rings. The van der Waals surface area contributed by atoms with Crippen LogP contribution in [0.25, 0.3) is 0 Å². The Morgan fingerprint density at radius 2 is 1.60 bits per heavy atom. The van der Waals surface area contributed by atoms with Gasteiger partial charge in [-0.2, -0.15) is 0 Å². The predicted octanol–water partition coefficient (Wildman–Crippen LogP) is 3.05. The highest BCUT2D eigenvalue weighted by atomic mass is 32.2. The summed E-state index contributed by atoms with van der Waals surface area (Å²) in [6.45, 7) is 6.02. The van der Waals surface area contributed by atoms with Crippen LogP contribution in [0.5, 0.6) is 11.5 Å². The zero-order chi connectivity index (χ0) is 14.9. The number of rotatable bonds is 3. The fourth-order valence-corrected chi connectivity index (χ4v) is 2.45. The van der Waals surface area contributed by atoms with E-state index < -0.39 is 10.0 Å². The van der Waals surface area contributed by atoms with Gasteiger partial charge < -0.3 is 4.74 Å². The molecule has 0 amide bonds. The van der Waals surface area contributed by atoms with Crippen molar-refractivity contribution in [1.29, 1.82) is 0 Å². The standard InChI is InChI=1S/C15H17NO3S/c1-10-8-11(2)12(3)15(9-10)19-13-4-6-14(7-5-13)20(16,17)18/h4-9H,1-3H3,(H2,16,17,18). The maximum absolute atomic E-state index is 11.2. The van der Waals surface area contributed by atoms with E-state index in [1.165, 1.54) is 12.1 Å². The van der Waals surface area contributed by atoms with E-state index in [0.717, 1.165) is 22.4 Å². The van der Waals surface area contributed by atoms with Crippen molar-refractivity contribution in [1.82, 2.24) is 0 Å². The molecule has 2 N–H and O–H groups in total. The Kier molecular flexibility index (Phi) is 3.83. The van der Waals surface area contributed by atoms with Crippen molar-refractivity contribution in [2.24, 2.45) is 5.14 Å². The van der Waals surface area contributed by atoms with Crippen molar-refractivity contribution < 1.29 is 13.2 Å². The zero-order valence-electron chi connectivity index (χ0n) is 11.7. The monoisotopic (exact) mass is 291 g/mol. The minimum absolute atomic E-state index is 0.0713. The molecule has 4 nitrogen and oxygen atoms in total. The Morgan fingerprint density at radius 3 is 2.15 bits per heavy atom. The van der Waals surface area contributed by atoms with Crippen LogP contribution in [0.1, 0.15) is 16.7 Å². The minimum atomic E-state index is -3.67. The molecule has 0 unspecified atom stereocenters. The molecular formula is C15H17NO3S. The molecule has 0 spiro atoms. The molecule has 106 valence electrons. The second kappa shape index (κ2) is 5.26. The van der Waals surface area contributed by atoms with Crippen LogP contribution in [0.15, 0.2) is 41.3 Å². The molecule has 0 aliphatic carbocycles. The highest BCUT2D eigenvalue weighted by Crippen LogP contribution is 2.28. The molecule has 5 heteroatoms. The first-order chi connectivity index (χ1) is 9.27. The number of nitrogens with two attached hydrogens (primary N) is 1. The maximum Gasteiger partial charge on any atom is 0.238 e. The fraction of sp³-hybridized carbons (Fsp3) is 0.200. The van der Waals surface area contributed by atoms with Gasteiger partial charge in [0.2, 0.25) is 10.0 Å². The third-order valence-electron chi connectivity index (χ3n) is 3.14. The fourth-order valence-electron chi connectivity index (χ4n) is 1.93. The number of hydrogen-bond donors (Lipinski definition) is 1. The van der Waals surface area contributed by atoms with Gasteiger partial charge in [-0.1, -0.05) is 6.07 Å².